The summed E-state index contributed by atoms with van der Waals surface area (Å²) in [6.45, 7) is 0.906. The van der Waals surface area contributed by atoms with E-state index in [1.54, 1.807) is 14.1 Å². The molecule has 2 N–H and O–H groups in total. The Morgan fingerprint density at radius 3 is 2.65 bits per heavy atom. The van der Waals surface area contributed by atoms with Gasteiger partial charge in [-0.1, -0.05) is 0 Å². The normalized spacial score (nSPS) is 19.3. The summed E-state index contributed by atoms with van der Waals surface area (Å²) in [7, 11) is 3.24. The maximum Gasteiger partial charge on any atom is 0.316 e. The zero-order chi connectivity index (χ0) is 13.0. The van der Waals surface area contributed by atoms with Gasteiger partial charge in [-0.25, -0.2) is 4.79 Å². The van der Waals surface area contributed by atoms with Crippen molar-refractivity contribution in [1.29, 1.82) is 0 Å². The van der Waals surface area contributed by atoms with E-state index in [1.807, 2.05) is 0 Å². The third kappa shape index (κ3) is 3.61. The van der Waals surface area contributed by atoms with E-state index in [0.717, 1.165) is 0 Å². The fourth-order valence-corrected chi connectivity index (χ4v) is 1.61. The highest BCUT2D eigenvalue weighted by Crippen LogP contribution is 2.16. The minimum atomic E-state index is -0.946. The molecule has 17 heavy (non-hydrogen) atoms. The highest BCUT2D eigenvalue weighted by Gasteiger charge is 2.33. The molecule has 96 valence electrons. The molecule has 0 saturated carbocycles. The SMILES string of the molecule is CN(C)C(=O)NCCN1CC(C(=O)O)CC1=O. The van der Waals surface area contributed by atoms with Crippen molar-refractivity contribution in [3.8, 4) is 0 Å². The second-order valence-corrected chi connectivity index (χ2v) is 4.21. The van der Waals surface area contributed by atoms with E-state index in [9.17, 15) is 14.4 Å². The first kappa shape index (κ1) is 13.3. The number of urea groups is 1. The molecular weight excluding hydrogens is 226 g/mol. The molecule has 0 aromatic carbocycles. The number of carbonyl (C=O) groups is 3. The summed E-state index contributed by atoms with van der Waals surface area (Å²) in [5.74, 6) is -1.73. The van der Waals surface area contributed by atoms with Gasteiger partial charge in [-0.05, 0) is 0 Å². The van der Waals surface area contributed by atoms with E-state index in [-0.39, 0.29) is 24.9 Å². The largest absolute Gasteiger partial charge is 0.481 e. The molecule has 0 aromatic heterocycles. The zero-order valence-corrected chi connectivity index (χ0v) is 9.97. The van der Waals surface area contributed by atoms with Crippen LogP contribution in [0.1, 0.15) is 6.42 Å². The lowest BCUT2D eigenvalue weighted by Crippen LogP contribution is -2.40. The molecule has 1 heterocycles. The first-order chi connectivity index (χ1) is 7.91. The van der Waals surface area contributed by atoms with Crippen LogP contribution in [0.4, 0.5) is 4.79 Å². The van der Waals surface area contributed by atoms with Gasteiger partial charge in [0.2, 0.25) is 5.91 Å². The number of aliphatic carboxylic acids is 1. The van der Waals surface area contributed by atoms with Crippen molar-refractivity contribution in [2.45, 2.75) is 6.42 Å². The number of hydrogen-bond donors (Lipinski definition) is 2. The molecule has 7 heteroatoms. The first-order valence-corrected chi connectivity index (χ1v) is 5.37. The average Bonchev–Trinajstić information content (AvgIpc) is 2.60. The first-order valence-electron chi connectivity index (χ1n) is 5.37. The Kier molecular flexibility index (Phi) is 4.30. The van der Waals surface area contributed by atoms with E-state index in [1.165, 1.54) is 9.80 Å². The van der Waals surface area contributed by atoms with E-state index < -0.39 is 11.9 Å². The van der Waals surface area contributed by atoms with E-state index in [2.05, 4.69) is 5.32 Å². The average molecular weight is 243 g/mol. The molecule has 1 atom stereocenters. The van der Waals surface area contributed by atoms with Crippen molar-refractivity contribution in [2.75, 3.05) is 33.7 Å². The summed E-state index contributed by atoms with van der Waals surface area (Å²) in [5, 5.41) is 11.4. The van der Waals surface area contributed by atoms with Crippen molar-refractivity contribution in [1.82, 2.24) is 15.1 Å². The van der Waals surface area contributed by atoms with Gasteiger partial charge in [0.05, 0.1) is 5.92 Å². The molecule has 0 spiro atoms. The lowest BCUT2D eigenvalue weighted by molar-refractivity contribution is -0.141. The van der Waals surface area contributed by atoms with Gasteiger partial charge in [0, 0.05) is 40.2 Å². The fourth-order valence-electron chi connectivity index (χ4n) is 1.61. The number of carboxylic acids is 1. The third-order valence-corrected chi connectivity index (χ3v) is 2.63. The smallest absolute Gasteiger partial charge is 0.316 e. The summed E-state index contributed by atoms with van der Waals surface area (Å²) in [5.41, 5.74) is 0. The molecule has 1 unspecified atom stereocenters. The number of nitrogens with zero attached hydrogens (tertiary/aromatic N) is 2. The molecule has 3 amide bonds. The molecule has 1 rings (SSSR count). The van der Waals surface area contributed by atoms with Gasteiger partial charge >= 0.3 is 12.0 Å². The van der Waals surface area contributed by atoms with Crippen molar-refractivity contribution in [2.24, 2.45) is 5.92 Å². The Morgan fingerprint density at radius 1 is 1.53 bits per heavy atom. The molecule has 1 saturated heterocycles. The molecule has 1 fully saturated rings. The number of nitrogens with one attached hydrogen (secondary N) is 1. The van der Waals surface area contributed by atoms with Crippen LogP contribution in [0.3, 0.4) is 0 Å². The Balaban J connectivity index is 2.31. The van der Waals surface area contributed by atoms with Crippen LogP contribution in [0.15, 0.2) is 0 Å². The fraction of sp³-hybridized carbons (Fsp3) is 0.700. The van der Waals surface area contributed by atoms with Gasteiger partial charge in [-0.3, -0.25) is 9.59 Å². The van der Waals surface area contributed by atoms with Crippen LogP contribution in [0.5, 0.6) is 0 Å². The number of hydrogen-bond acceptors (Lipinski definition) is 3. The number of carboxylic acid groups (broad SMARTS) is 1. The van der Waals surface area contributed by atoms with Gasteiger partial charge < -0.3 is 20.2 Å². The highest BCUT2D eigenvalue weighted by atomic mass is 16.4. The van der Waals surface area contributed by atoms with E-state index >= 15 is 0 Å². The molecule has 0 aliphatic carbocycles. The number of rotatable bonds is 4. The standard InChI is InChI=1S/C10H17N3O4/c1-12(2)10(17)11-3-4-13-6-7(9(15)16)5-8(13)14/h7H,3-6H2,1-2H3,(H,11,17)(H,15,16). The summed E-state index contributed by atoms with van der Waals surface area (Å²) in [6.07, 6.45) is 0.0525. The van der Waals surface area contributed by atoms with Crippen LogP contribution < -0.4 is 5.32 Å². The van der Waals surface area contributed by atoms with E-state index in [4.69, 9.17) is 5.11 Å². The number of carbonyl (C=O) groups excluding carboxylic acids is 2. The van der Waals surface area contributed by atoms with Crippen molar-refractivity contribution < 1.29 is 19.5 Å². The van der Waals surface area contributed by atoms with Crippen LogP contribution in [-0.4, -0.2) is 66.5 Å². The van der Waals surface area contributed by atoms with Crippen LogP contribution in [-0.2, 0) is 9.59 Å². The highest BCUT2D eigenvalue weighted by molar-refractivity contribution is 5.86. The van der Waals surface area contributed by atoms with Gasteiger partial charge in [-0.2, -0.15) is 0 Å². The number of amides is 3. The summed E-state index contributed by atoms with van der Waals surface area (Å²) < 4.78 is 0. The lowest BCUT2D eigenvalue weighted by atomic mass is 10.1. The summed E-state index contributed by atoms with van der Waals surface area (Å²) >= 11 is 0. The summed E-state index contributed by atoms with van der Waals surface area (Å²) in [4.78, 5) is 36.2. The summed E-state index contributed by atoms with van der Waals surface area (Å²) in [6, 6.07) is -0.230. The van der Waals surface area contributed by atoms with E-state index in [0.29, 0.717) is 13.1 Å². The quantitative estimate of drug-likeness (QED) is 0.675. The lowest BCUT2D eigenvalue weighted by Gasteiger charge is -2.17. The predicted octanol–water partition coefficient (Wildman–Crippen LogP) is -0.809. The third-order valence-electron chi connectivity index (χ3n) is 2.63. The molecule has 0 bridgehead atoms. The minimum absolute atomic E-state index is 0.0525. The second kappa shape index (κ2) is 5.51. The zero-order valence-electron chi connectivity index (χ0n) is 9.97. The van der Waals surface area contributed by atoms with Gasteiger partial charge in [-0.15, -0.1) is 0 Å². The monoisotopic (exact) mass is 243 g/mol. The van der Waals surface area contributed by atoms with Gasteiger partial charge in [0.1, 0.15) is 0 Å². The maximum atomic E-state index is 11.4. The van der Waals surface area contributed by atoms with Gasteiger partial charge in [0.25, 0.3) is 0 Å². The van der Waals surface area contributed by atoms with Crippen LogP contribution in [0.25, 0.3) is 0 Å². The molecule has 0 radical (unpaired) electrons. The van der Waals surface area contributed by atoms with Crippen LogP contribution in [0, 0.1) is 5.92 Å². The predicted molar refractivity (Wildman–Crippen MR) is 59.4 cm³/mol. The van der Waals surface area contributed by atoms with Gasteiger partial charge in [0.15, 0.2) is 0 Å². The molecule has 1 aliphatic heterocycles. The van der Waals surface area contributed by atoms with Crippen molar-refractivity contribution in [3.05, 3.63) is 0 Å². The van der Waals surface area contributed by atoms with Crippen LogP contribution >= 0.6 is 0 Å². The van der Waals surface area contributed by atoms with Crippen LogP contribution in [0.2, 0.25) is 0 Å². The van der Waals surface area contributed by atoms with Crippen molar-refractivity contribution in [3.63, 3.8) is 0 Å². The molecule has 0 aromatic rings. The second-order valence-electron chi connectivity index (χ2n) is 4.21. The number of likely N-dealkylation sites (tertiary alicyclic amines) is 1. The molecule has 1 aliphatic rings. The Morgan fingerprint density at radius 2 is 2.18 bits per heavy atom. The Bertz CT molecular complexity index is 330. The Hall–Kier alpha value is -1.79. The maximum absolute atomic E-state index is 11.4. The molecular formula is C10H17N3O4. The topological polar surface area (TPSA) is 90.0 Å². The Labute approximate surface area is 99.4 Å². The minimum Gasteiger partial charge on any atom is -0.481 e. The molecule has 7 nitrogen and oxygen atoms in total. The van der Waals surface area contributed by atoms with Crippen molar-refractivity contribution >= 4 is 17.9 Å².